The number of benzene rings is 2. The van der Waals surface area contributed by atoms with Crippen molar-refractivity contribution in [1.29, 1.82) is 0 Å². The molecule has 0 aliphatic carbocycles. The first-order valence-electron chi connectivity index (χ1n) is 7.30. The lowest BCUT2D eigenvalue weighted by Gasteiger charge is -2.10. The highest BCUT2D eigenvalue weighted by Crippen LogP contribution is 2.21. The topological polar surface area (TPSA) is 49.8 Å². The highest BCUT2D eigenvalue weighted by molar-refractivity contribution is 6.30. The van der Waals surface area contributed by atoms with E-state index in [2.05, 4.69) is 39.7 Å². The van der Waals surface area contributed by atoms with Crippen LogP contribution in [0, 0.1) is 13.8 Å². The van der Waals surface area contributed by atoms with Crippen LogP contribution in [-0.2, 0) is 0 Å². The van der Waals surface area contributed by atoms with E-state index in [0.717, 1.165) is 22.9 Å². The second-order valence-electron chi connectivity index (χ2n) is 5.35. The Morgan fingerprint density at radius 2 is 1.57 bits per heavy atom. The maximum atomic E-state index is 6.00. The molecule has 3 rings (SSSR count). The van der Waals surface area contributed by atoms with Crippen LogP contribution in [0.4, 0.5) is 23.1 Å². The number of aryl methyl sites for hydroxylation is 2. The summed E-state index contributed by atoms with van der Waals surface area (Å²) in [6.45, 7) is 3.99. The van der Waals surface area contributed by atoms with Gasteiger partial charge < -0.3 is 10.6 Å². The van der Waals surface area contributed by atoms with Crippen LogP contribution in [0.2, 0.25) is 5.02 Å². The van der Waals surface area contributed by atoms with E-state index in [1.807, 2.05) is 49.4 Å². The van der Waals surface area contributed by atoms with Gasteiger partial charge in [0.1, 0.15) is 5.82 Å². The molecule has 0 unspecified atom stereocenters. The molecule has 0 amide bonds. The normalized spacial score (nSPS) is 10.4. The minimum Gasteiger partial charge on any atom is -0.340 e. The largest absolute Gasteiger partial charge is 0.340 e. The molecule has 116 valence electrons. The maximum Gasteiger partial charge on any atom is 0.229 e. The van der Waals surface area contributed by atoms with Crippen molar-refractivity contribution in [3.8, 4) is 0 Å². The van der Waals surface area contributed by atoms with E-state index < -0.39 is 0 Å². The fraction of sp³-hybridized carbons (Fsp3) is 0.111. The molecule has 3 aromatic rings. The first-order valence-corrected chi connectivity index (χ1v) is 7.68. The highest BCUT2D eigenvalue weighted by Gasteiger charge is 2.04. The predicted octanol–water partition coefficient (Wildman–Crippen LogP) is 5.23. The van der Waals surface area contributed by atoms with E-state index in [-0.39, 0.29) is 0 Å². The Balaban J connectivity index is 1.84. The van der Waals surface area contributed by atoms with Crippen LogP contribution in [0.5, 0.6) is 0 Å². The van der Waals surface area contributed by atoms with Gasteiger partial charge in [0.2, 0.25) is 5.95 Å². The van der Waals surface area contributed by atoms with Gasteiger partial charge in [0.05, 0.1) is 0 Å². The van der Waals surface area contributed by atoms with Crippen molar-refractivity contribution in [2.24, 2.45) is 0 Å². The van der Waals surface area contributed by atoms with E-state index >= 15 is 0 Å². The highest BCUT2D eigenvalue weighted by atomic mass is 35.5. The molecule has 0 aliphatic rings. The fourth-order valence-corrected chi connectivity index (χ4v) is 2.44. The molecule has 0 bridgehead atoms. The summed E-state index contributed by atoms with van der Waals surface area (Å²) in [6.07, 6.45) is 0. The molecule has 0 fully saturated rings. The summed E-state index contributed by atoms with van der Waals surface area (Å²) in [6, 6.07) is 17.5. The van der Waals surface area contributed by atoms with Crippen molar-refractivity contribution in [2.75, 3.05) is 10.6 Å². The summed E-state index contributed by atoms with van der Waals surface area (Å²) in [7, 11) is 0. The zero-order chi connectivity index (χ0) is 16.2. The van der Waals surface area contributed by atoms with Crippen LogP contribution in [0.15, 0.2) is 54.6 Å². The quantitative estimate of drug-likeness (QED) is 0.689. The molecule has 0 atom stereocenters. The summed E-state index contributed by atoms with van der Waals surface area (Å²) in [5.74, 6) is 1.27. The van der Waals surface area contributed by atoms with Gasteiger partial charge in [-0.1, -0.05) is 29.8 Å². The summed E-state index contributed by atoms with van der Waals surface area (Å²) in [4.78, 5) is 8.92. The summed E-state index contributed by atoms with van der Waals surface area (Å²) >= 11 is 6.00. The standard InChI is InChI=1S/C18H17ClN4/c1-12-5-3-7-15(9-12)21-17-10-13(2)20-18(23-17)22-16-8-4-6-14(19)11-16/h3-11H,1-2H3,(H2,20,21,22,23). The molecule has 2 N–H and O–H groups in total. The third-order valence-corrected chi connectivity index (χ3v) is 3.46. The Morgan fingerprint density at radius 1 is 0.826 bits per heavy atom. The van der Waals surface area contributed by atoms with Crippen molar-refractivity contribution < 1.29 is 0 Å². The maximum absolute atomic E-state index is 6.00. The van der Waals surface area contributed by atoms with Crippen molar-refractivity contribution >= 4 is 34.7 Å². The van der Waals surface area contributed by atoms with Gasteiger partial charge in [-0.25, -0.2) is 4.98 Å². The average Bonchev–Trinajstić information content (AvgIpc) is 2.46. The summed E-state index contributed by atoms with van der Waals surface area (Å²) < 4.78 is 0. The van der Waals surface area contributed by atoms with Gasteiger partial charge in [-0.15, -0.1) is 0 Å². The van der Waals surface area contributed by atoms with Crippen molar-refractivity contribution in [3.63, 3.8) is 0 Å². The molecule has 1 aromatic heterocycles. The van der Waals surface area contributed by atoms with E-state index in [9.17, 15) is 0 Å². The van der Waals surface area contributed by atoms with Crippen LogP contribution in [0.3, 0.4) is 0 Å². The smallest absolute Gasteiger partial charge is 0.229 e. The van der Waals surface area contributed by atoms with Gasteiger partial charge in [0.15, 0.2) is 0 Å². The lowest BCUT2D eigenvalue weighted by molar-refractivity contribution is 1.11. The van der Waals surface area contributed by atoms with Gasteiger partial charge in [-0.3, -0.25) is 0 Å². The Bertz CT molecular complexity index is 767. The number of rotatable bonds is 4. The molecule has 0 radical (unpaired) electrons. The second-order valence-corrected chi connectivity index (χ2v) is 5.78. The molecule has 0 aliphatic heterocycles. The third kappa shape index (κ3) is 4.20. The third-order valence-electron chi connectivity index (χ3n) is 3.23. The van der Waals surface area contributed by atoms with Crippen LogP contribution >= 0.6 is 11.6 Å². The zero-order valence-corrected chi connectivity index (χ0v) is 13.7. The van der Waals surface area contributed by atoms with E-state index in [1.54, 1.807) is 0 Å². The molecule has 5 heteroatoms. The Labute approximate surface area is 140 Å². The number of halogens is 1. The SMILES string of the molecule is Cc1cccc(Nc2cc(C)nc(Nc3cccc(Cl)c3)n2)c1. The number of anilines is 4. The monoisotopic (exact) mass is 324 g/mol. The number of aromatic nitrogens is 2. The van der Waals surface area contributed by atoms with E-state index in [4.69, 9.17) is 11.6 Å². The van der Waals surface area contributed by atoms with Crippen molar-refractivity contribution in [1.82, 2.24) is 9.97 Å². The molecule has 1 heterocycles. The number of nitrogens with zero attached hydrogens (tertiary/aromatic N) is 2. The number of hydrogen-bond donors (Lipinski definition) is 2. The summed E-state index contributed by atoms with van der Waals surface area (Å²) in [5, 5.41) is 7.15. The van der Waals surface area contributed by atoms with E-state index in [0.29, 0.717) is 11.0 Å². The fourth-order valence-electron chi connectivity index (χ4n) is 2.25. The molecule has 2 aromatic carbocycles. The Kier molecular flexibility index (Phi) is 4.44. The van der Waals surface area contributed by atoms with E-state index in [1.165, 1.54) is 5.56 Å². The first kappa shape index (κ1) is 15.3. The van der Waals surface area contributed by atoms with Gasteiger partial charge in [0.25, 0.3) is 0 Å². The summed E-state index contributed by atoms with van der Waals surface area (Å²) in [5.41, 5.74) is 3.92. The van der Waals surface area contributed by atoms with Crippen molar-refractivity contribution in [3.05, 3.63) is 70.9 Å². The van der Waals surface area contributed by atoms with Crippen molar-refractivity contribution in [2.45, 2.75) is 13.8 Å². The molecule has 0 spiro atoms. The average molecular weight is 325 g/mol. The van der Waals surface area contributed by atoms with Crippen LogP contribution < -0.4 is 10.6 Å². The lowest BCUT2D eigenvalue weighted by Crippen LogP contribution is -2.02. The minimum absolute atomic E-state index is 0.530. The second kappa shape index (κ2) is 6.67. The Hall–Kier alpha value is -2.59. The predicted molar refractivity (Wildman–Crippen MR) is 96.0 cm³/mol. The van der Waals surface area contributed by atoms with Crippen LogP contribution in [-0.4, -0.2) is 9.97 Å². The molecule has 0 saturated heterocycles. The zero-order valence-electron chi connectivity index (χ0n) is 13.0. The van der Waals surface area contributed by atoms with Crippen LogP contribution in [0.25, 0.3) is 0 Å². The molecule has 0 saturated carbocycles. The van der Waals surface area contributed by atoms with Gasteiger partial charge in [0, 0.05) is 28.2 Å². The van der Waals surface area contributed by atoms with Gasteiger partial charge >= 0.3 is 0 Å². The number of hydrogen-bond acceptors (Lipinski definition) is 4. The first-order chi connectivity index (χ1) is 11.1. The lowest BCUT2D eigenvalue weighted by atomic mass is 10.2. The minimum atomic E-state index is 0.530. The van der Waals surface area contributed by atoms with Gasteiger partial charge in [-0.2, -0.15) is 4.98 Å². The Morgan fingerprint density at radius 3 is 2.30 bits per heavy atom. The van der Waals surface area contributed by atoms with Crippen LogP contribution in [0.1, 0.15) is 11.3 Å². The molecule has 23 heavy (non-hydrogen) atoms. The number of nitrogens with one attached hydrogen (secondary N) is 2. The molecular formula is C18H17ClN4. The van der Waals surface area contributed by atoms with Gasteiger partial charge in [-0.05, 0) is 49.7 Å². The molecule has 4 nitrogen and oxygen atoms in total. The molecular weight excluding hydrogens is 308 g/mol.